The van der Waals surface area contributed by atoms with Crippen molar-refractivity contribution in [2.24, 2.45) is 0 Å². The van der Waals surface area contributed by atoms with Crippen molar-refractivity contribution in [3.05, 3.63) is 40.3 Å². The van der Waals surface area contributed by atoms with Crippen LogP contribution in [0.4, 0.5) is 10.1 Å². The van der Waals surface area contributed by atoms with Crippen LogP contribution >= 0.6 is 10.7 Å². The van der Waals surface area contributed by atoms with E-state index in [1.165, 1.54) is 0 Å². The van der Waals surface area contributed by atoms with Gasteiger partial charge in [0.25, 0.3) is 9.05 Å². The molecule has 9 nitrogen and oxygen atoms in total. The third kappa shape index (κ3) is 3.44. The Morgan fingerprint density at radius 3 is 2.71 bits per heavy atom. The maximum absolute atomic E-state index is 13.6. The Morgan fingerprint density at radius 2 is 2.19 bits per heavy atom. The van der Waals surface area contributed by atoms with E-state index in [9.17, 15) is 22.9 Å². The zero-order chi connectivity index (χ0) is 15.6. The summed E-state index contributed by atoms with van der Waals surface area (Å²) in [5.41, 5.74) is -0.765. The predicted octanol–water partition coefficient (Wildman–Crippen LogP) is 1.62. The number of benzene rings is 1. The van der Waals surface area contributed by atoms with Crippen molar-refractivity contribution in [3.8, 4) is 5.75 Å². The summed E-state index contributed by atoms with van der Waals surface area (Å²) < 4.78 is 45.3. The average molecular weight is 338 g/mol. The Labute approximate surface area is 120 Å². The van der Waals surface area contributed by atoms with Gasteiger partial charge in [-0.05, 0) is 0 Å². The fourth-order valence-corrected chi connectivity index (χ4v) is 2.27. The molecule has 0 radical (unpaired) electrons. The highest BCUT2D eigenvalue weighted by Gasteiger charge is 2.26. The first-order chi connectivity index (χ1) is 9.79. The SMILES string of the molecule is O=[N+]([O-])c1cc(S(=O)(=O)Cl)c(F)cc1OCc1ncon1. The minimum absolute atomic E-state index is 0.0683. The Kier molecular flexibility index (Phi) is 4.04. The third-order valence-electron chi connectivity index (χ3n) is 2.24. The van der Waals surface area contributed by atoms with Crippen molar-refractivity contribution >= 4 is 25.4 Å². The van der Waals surface area contributed by atoms with Crippen LogP contribution in [-0.2, 0) is 15.7 Å². The maximum atomic E-state index is 13.6. The van der Waals surface area contributed by atoms with Crippen molar-refractivity contribution in [3.63, 3.8) is 0 Å². The van der Waals surface area contributed by atoms with Gasteiger partial charge in [-0.3, -0.25) is 10.1 Å². The molecule has 0 atom stereocenters. The standard InChI is InChI=1S/C9H5ClFN3O6S/c10-21(17,18)8-2-6(14(15)16)7(1-5(8)11)19-3-9-12-4-20-13-9/h1-2,4H,3H2. The van der Waals surface area contributed by atoms with Gasteiger partial charge in [0, 0.05) is 22.8 Å². The maximum Gasteiger partial charge on any atom is 0.312 e. The number of nitro groups is 1. The highest BCUT2D eigenvalue weighted by molar-refractivity contribution is 8.13. The Bertz CT molecular complexity index is 779. The lowest BCUT2D eigenvalue weighted by Crippen LogP contribution is -2.04. The fraction of sp³-hybridized carbons (Fsp3) is 0.111. The first-order valence-electron chi connectivity index (χ1n) is 5.09. The van der Waals surface area contributed by atoms with Crippen molar-refractivity contribution in [2.45, 2.75) is 11.5 Å². The smallest absolute Gasteiger partial charge is 0.312 e. The molecule has 0 saturated carbocycles. The molecule has 12 heteroatoms. The second-order valence-electron chi connectivity index (χ2n) is 3.58. The van der Waals surface area contributed by atoms with E-state index in [0.717, 1.165) is 6.39 Å². The van der Waals surface area contributed by atoms with E-state index in [-0.39, 0.29) is 12.4 Å². The molecule has 0 aliphatic carbocycles. The summed E-state index contributed by atoms with van der Waals surface area (Å²) >= 11 is 0. The van der Waals surface area contributed by atoms with Crippen molar-refractivity contribution in [1.29, 1.82) is 0 Å². The number of hydrogen-bond donors (Lipinski definition) is 0. The van der Waals surface area contributed by atoms with Crippen LogP contribution in [0.25, 0.3) is 0 Å². The van der Waals surface area contributed by atoms with Gasteiger partial charge in [-0.25, -0.2) is 12.8 Å². The molecule has 1 aromatic heterocycles. The quantitative estimate of drug-likeness (QED) is 0.457. The second kappa shape index (κ2) is 5.61. The van der Waals surface area contributed by atoms with Crippen LogP contribution in [-0.4, -0.2) is 23.5 Å². The molecular formula is C9H5ClFN3O6S. The van der Waals surface area contributed by atoms with Gasteiger partial charge in [0.1, 0.15) is 10.7 Å². The summed E-state index contributed by atoms with van der Waals surface area (Å²) in [6, 6.07) is 1.02. The van der Waals surface area contributed by atoms with Gasteiger partial charge in [-0.15, -0.1) is 0 Å². The Hall–Kier alpha value is -2.27. The van der Waals surface area contributed by atoms with Gasteiger partial charge in [-0.1, -0.05) is 5.16 Å². The molecule has 0 bridgehead atoms. The normalized spacial score (nSPS) is 11.3. The van der Waals surface area contributed by atoms with Crippen molar-refractivity contribution in [2.75, 3.05) is 0 Å². The molecule has 0 saturated heterocycles. The van der Waals surface area contributed by atoms with Crippen molar-refractivity contribution in [1.82, 2.24) is 10.1 Å². The summed E-state index contributed by atoms with van der Waals surface area (Å²) in [7, 11) is 0.521. The second-order valence-corrected chi connectivity index (χ2v) is 6.12. The number of nitrogens with zero attached hydrogens (tertiary/aromatic N) is 3. The zero-order valence-corrected chi connectivity index (χ0v) is 11.5. The number of nitro benzene ring substituents is 1. The number of halogens is 2. The van der Waals surface area contributed by atoms with Crippen LogP contribution in [0.5, 0.6) is 5.75 Å². The van der Waals surface area contributed by atoms with Crippen LogP contribution in [0.1, 0.15) is 5.82 Å². The van der Waals surface area contributed by atoms with E-state index >= 15 is 0 Å². The summed E-state index contributed by atoms with van der Waals surface area (Å²) in [6.45, 7) is -0.330. The Balaban J connectivity index is 2.41. The van der Waals surface area contributed by atoms with E-state index in [1.807, 2.05) is 0 Å². The van der Waals surface area contributed by atoms with Gasteiger partial charge >= 0.3 is 5.69 Å². The zero-order valence-electron chi connectivity index (χ0n) is 9.89. The highest BCUT2D eigenvalue weighted by atomic mass is 35.7. The molecule has 21 heavy (non-hydrogen) atoms. The first-order valence-corrected chi connectivity index (χ1v) is 7.40. The molecule has 0 aliphatic rings. The van der Waals surface area contributed by atoms with E-state index in [0.29, 0.717) is 12.1 Å². The van der Waals surface area contributed by atoms with Gasteiger partial charge < -0.3 is 9.26 Å². The molecule has 1 aromatic carbocycles. The fourth-order valence-electron chi connectivity index (χ4n) is 1.37. The molecule has 2 aromatic rings. The van der Waals surface area contributed by atoms with E-state index in [4.69, 9.17) is 15.4 Å². The van der Waals surface area contributed by atoms with Crippen LogP contribution in [0.3, 0.4) is 0 Å². The summed E-state index contributed by atoms with van der Waals surface area (Å²) in [4.78, 5) is 12.5. The molecule has 0 fully saturated rings. The van der Waals surface area contributed by atoms with Crippen LogP contribution in [0, 0.1) is 15.9 Å². The molecule has 0 unspecified atom stereocenters. The lowest BCUT2D eigenvalue weighted by Gasteiger charge is -2.06. The van der Waals surface area contributed by atoms with E-state index in [2.05, 4.69) is 14.7 Å². The lowest BCUT2D eigenvalue weighted by atomic mass is 10.3. The molecular weight excluding hydrogens is 333 g/mol. The molecule has 2 rings (SSSR count). The minimum atomic E-state index is -4.47. The van der Waals surface area contributed by atoms with Crippen molar-refractivity contribution < 1.29 is 27.0 Å². The predicted molar refractivity (Wildman–Crippen MR) is 64.7 cm³/mol. The molecule has 0 amide bonds. The molecule has 112 valence electrons. The van der Waals surface area contributed by atoms with E-state index in [1.54, 1.807) is 0 Å². The van der Waals surface area contributed by atoms with E-state index < -0.39 is 36.1 Å². The van der Waals surface area contributed by atoms with Gasteiger partial charge in [0.15, 0.2) is 6.61 Å². The first kappa shape index (κ1) is 15.1. The molecule has 0 aliphatic heterocycles. The summed E-state index contributed by atoms with van der Waals surface area (Å²) in [5, 5.41) is 14.3. The number of aromatic nitrogens is 2. The molecule has 0 N–H and O–H groups in total. The van der Waals surface area contributed by atoms with Gasteiger partial charge in [0.05, 0.1) is 4.92 Å². The average Bonchev–Trinajstić information content (AvgIpc) is 2.87. The van der Waals surface area contributed by atoms with Crippen LogP contribution in [0.15, 0.2) is 27.9 Å². The van der Waals surface area contributed by atoms with Gasteiger partial charge in [0.2, 0.25) is 18.0 Å². The Morgan fingerprint density at radius 1 is 1.48 bits per heavy atom. The van der Waals surface area contributed by atoms with Gasteiger partial charge in [-0.2, -0.15) is 4.98 Å². The topological polar surface area (TPSA) is 125 Å². The minimum Gasteiger partial charge on any atom is -0.478 e. The number of rotatable bonds is 5. The molecule has 1 heterocycles. The monoisotopic (exact) mass is 337 g/mol. The summed E-state index contributed by atoms with van der Waals surface area (Å²) in [6.07, 6.45) is 1.01. The number of ether oxygens (including phenoxy) is 1. The lowest BCUT2D eigenvalue weighted by molar-refractivity contribution is -0.386. The van der Waals surface area contributed by atoms with Crippen LogP contribution in [0.2, 0.25) is 0 Å². The largest absolute Gasteiger partial charge is 0.478 e. The third-order valence-corrected chi connectivity index (χ3v) is 3.57. The molecule has 0 spiro atoms. The van der Waals surface area contributed by atoms with Crippen LogP contribution < -0.4 is 4.74 Å². The highest BCUT2D eigenvalue weighted by Crippen LogP contribution is 2.33. The number of hydrogen-bond acceptors (Lipinski definition) is 8. The summed E-state index contributed by atoms with van der Waals surface area (Å²) in [5.74, 6) is -1.70.